The van der Waals surface area contributed by atoms with Crippen LogP contribution in [0.3, 0.4) is 0 Å². The van der Waals surface area contributed by atoms with Crippen LogP contribution in [-0.2, 0) is 13.2 Å². The number of ether oxygens (including phenoxy) is 1. The van der Waals surface area contributed by atoms with Crippen molar-refractivity contribution in [2.45, 2.75) is 20.1 Å². The van der Waals surface area contributed by atoms with Crippen LogP contribution in [0, 0.1) is 6.92 Å². The van der Waals surface area contributed by atoms with Gasteiger partial charge in [0.05, 0.1) is 6.61 Å². The molecule has 100 valence electrons. The molecule has 0 aliphatic rings. The van der Waals surface area contributed by atoms with Crippen LogP contribution in [0.4, 0.5) is 0 Å². The number of hydrogen-bond acceptors (Lipinski definition) is 2. The Morgan fingerprint density at radius 3 is 2.37 bits per heavy atom. The van der Waals surface area contributed by atoms with Crippen LogP contribution >= 0.6 is 31.9 Å². The molecule has 19 heavy (non-hydrogen) atoms. The SMILES string of the molecule is Cc1cc(Br)cc(CO)c1OCc1ccc(Br)cc1. The second kappa shape index (κ2) is 6.55. The molecule has 1 N–H and O–H groups in total. The molecular weight excluding hydrogens is 372 g/mol. The van der Waals surface area contributed by atoms with E-state index in [1.807, 2.05) is 43.3 Å². The van der Waals surface area contributed by atoms with Crippen LogP contribution in [0.1, 0.15) is 16.7 Å². The molecule has 0 aliphatic heterocycles. The van der Waals surface area contributed by atoms with Gasteiger partial charge in [-0.1, -0.05) is 44.0 Å². The third-order valence-corrected chi connectivity index (χ3v) is 3.77. The molecule has 2 rings (SSSR count). The predicted molar refractivity (Wildman–Crippen MR) is 83.3 cm³/mol. The predicted octanol–water partition coefficient (Wildman–Crippen LogP) is 4.59. The lowest BCUT2D eigenvalue weighted by Crippen LogP contribution is -2.01. The van der Waals surface area contributed by atoms with E-state index in [2.05, 4.69) is 31.9 Å². The number of aliphatic hydroxyl groups is 1. The van der Waals surface area contributed by atoms with Crippen molar-refractivity contribution in [2.75, 3.05) is 0 Å². The highest BCUT2D eigenvalue weighted by molar-refractivity contribution is 9.10. The third kappa shape index (κ3) is 3.81. The molecule has 0 aromatic heterocycles. The second-order valence-electron chi connectivity index (χ2n) is 4.28. The Bertz CT molecular complexity index is 565. The van der Waals surface area contributed by atoms with Gasteiger partial charge in [-0.2, -0.15) is 0 Å². The minimum atomic E-state index is -0.0318. The van der Waals surface area contributed by atoms with Crippen molar-refractivity contribution in [3.8, 4) is 5.75 Å². The number of aryl methyl sites for hydroxylation is 1. The maximum absolute atomic E-state index is 9.39. The third-order valence-electron chi connectivity index (χ3n) is 2.78. The van der Waals surface area contributed by atoms with E-state index in [0.29, 0.717) is 6.61 Å². The Kier molecular flexibility index (Phi) is 5.02. The maximum Gasteiger partial charge on any atom is 0.128 e. The molecule has 0 bridgehead atoms. The largest absolute Gasteiger partial charge is 0.488 e. The molecule has 0 spiro atoms. The van der Waals surface area contributed by atoms with Crippen molar-refractivity contribution in [1.82, 2.24) is 0 Å². The molecule has 0 amide bonds. The van der Waals surface area contributed by atoms with Gasteiger partial charge in [0.15, 0.2) is 0 Å². The lowest BCUT2D eigenvalue weighted by atomic mass is 10.1. The highest BCUT2D eigenvalue weighted by atomic mass is 79.9. The molecule has 0 heterocycles. The molecule has 0 aliphatic carbocycles. The lowest BCUT2D eigenvalue weighted by Gasteiger charge is -2.14. The van der Waals surface area contributed by atoms with Crippen molar-refractivity contribution in [3.05, 3.63) is 62.0 Å². The smallest absolute Gasteiger partial charge is 0.128 e. The molecule has 0 atom stereocenters. The minimum Gasteiger partial charge on any atom is -0.488 e. The van der Waals surface area contributed by atoms with E-state index in [0.717, 1.165) is 31.4 Å². The van der Waals surface area contributed by atoms with Gasteiger partial charge in [0.25, 0.3) is 0 Å². The topological polar surface area (TPSA) is 29.5 Å². The first-order chi connectivity index (χ1) is 9.10. The normalized spacial score (nSPS) is 10.5. The summed E-state index contributed by atoms with van der Waals surface area (Å²) in [6.07, 6.45) is 0. The molecule has 0 radical (unpaired) electrons. The fraction of sp³-hybridized carbons (Fsp3) is 0.200. The van der Waals surface area contributed by atoms with Crippen molar-refractivity contribution in [3.63, 3.8) is 0 Å². The summed E-state index contributed by atoms with van der Waals surface area (Å²) >= 11 is 6.82. The fourth-order valence-corrected chi connectivity index (χ4v) is 2.74. The molecule has 2 nitrogen and oxygen atoms in total. The van der Waals surface area contributed by atoms with E-state index < -0.39 is 0 Å². The van der Waals surface area contributed by atoms with E-state index in [9.17, 15) is 5.11 Å². The maximum atomic E-state index is 9.39. The van der Waals surface area contributed by atoms with Crippen molar-refractivity contribution >= 4 is 31.9 Å². The van der Waals surface area contributed by atoms with Crippen LogP contribution < -0.4 is 4.74 Å². The van der Waals surface area contributed by atoms with Crippen molar-refractivity contribution < 1.29 is 9.84 Å². The van der Waals surface area contributed by atoms with Crippen LogP contribution in [0.15, 0.2) is 45.3 Å². The zero-order valence-corrected chi connectivity index (χ0v) is 13.7. The van der Waals surface area contributed by atoms with Gasteiger partial charge in [0.1, 0.15) is 12.4 Å². The van der Waals surface area contributed by atoms with Gasteiger partial charge in [-0.3, -0.25) is 0 Å². The summed E-state index contributed by atoms with van der Waals surface area (Å²) in [4.78, 5) is 0. The van der Waals surface area contributed by atoms with E-state index in [1.165, 1.54) is 0 Å². The van der Waals surface area contributed by atoms with Gasteiger partial charge >= 0.3 is 0 Å². The monoisotopic (exact) mass is 384 g/mol. The average Bonchev–Trinajstić information content (AvgIpc) is 2.39. The number of benzene rings is 2. The summed E-state index contributed by atoms with van der Waals surface area (Å²) in [7, 11) is 0. The van der Waals surface area contributed by atoms with Gasteiger partial charge in [-0.05, 0) is 42.3 Å². The first-order valence-electron chi connectivity index (χ1n) is 5.87. The highest BCUT2D eigenvalue weighted by Crippen LogP contribution is 2.29. The first kappa shape index (κ1) is 14.6. The number of halogens is 2. The molecule has 0 unspecified atom stereocenters. The minimum absolute atomic E-state index is 0.0318. The molecule has 0 saturated carbocycles. The number of aliphatic hydroxyl groups excluding tert-OH is 1. The number of hydrogen-bond donors (Lipinski definition) is 1. The van der Waals surface area contributed by atoms with Gasteiger partial charge in [0, 0.05) is 14.5 Å². The van der Waals surface area contributed by atoms with Gasteiger partial charge in [0.2, 0.25) is 0 Å². The zero-order valence-electron chi connectivity index (χ0n) is 10.5. The van der Waals surface area contributed by atoms with Crippen LogP contribution in [0.25, 0.3) is 0 Å². The van der Waals surface area contributed by atoms with Crippen LogP contribution in [-0.4, -0.2) is 5.11 Å². The Balaban J connectivity index is 2.17. The summed E-state index contributed by atoms with van der Waals surface area (Å²) in [5, 5.41) is 9.39. The fourth-order valence-electron chi connectivity index (χ4n) is 1.86. The summed E-state index contributed by atoms with van der Waals surface area (Å²) in [6.45, 7) is 2.43. The summed E-state index contributed by atoms with van der Waals surface area (Å²) in [6, 6.07) is 11.9. The molecular formula is C15H14Br2O2. The summed E-state index contributed by atoms with van der Waals surface area (Å²) in [5.41, 5.74) is 2.90. The van der Waals surface area contributed by atoms with Crippen LogP contribution in [0.5, 0.6) is 5.75 Å². The average molecular weight is 386 g/mol. The Hall–Kier alpha value is -0.840. The first-order valence-corrected chi connectivity index (χ1v) is 7.46. The van der Waals surface area contributed by atoms with Crippen molar-refractivity contribution in [1.29, 1.82) is 0 Å². The second-order valence-corrected chi connectivity index (χ2v) is 6.12. The van der Waals surface area contributed by atoms with Gasteiger partial charge < -0.3 is 9.84 Å². The van der Waals surface area contributed by atoms with Gasteiger partial charge in [-0.15, -0.1) is 0 Å². The molecule has 4 heteroatoms. The quantitative estimate of drug-likeness (QED) is 0.833. The Labute approximate surface area is 129 Å². The Morgan fingerprint density at radius 1 is 1.05 bits per heavy atom. The van der Waals surface area contributed by atoms with Crippen LogP contribution in [0.2, 0.25) is 0 Å². The van der Waals surface area contributed by atoms with E-state index >= 15 is 0 Å². The summed E-state index contributed by atoms with van der Waals surface area (Å²) in [5.74, 6) is 0.758. The standard InChI is InChI=1S/C15H14Br2O2/c1-10-6-14(17)7-12(8-18)15(10)19-9-11-2-4-13(16)5-3-11/h2-7,18H,8-9H2,1H3. The Morgan fingerprint density at radius 2 is 1.74 bits per heavy atom. The number of rotatable bonds is 4. The highest BCUT2D eigenvalue weighted by Gasteiger charge is 2.08. The lowest BCUT2D eigenvalue weighted by molar-refractivity contribution is 0.258. The molecule has 2 aromatic carbocycles. The van der Waals surface area contributed by atoms with Gasteiger partial charge in [-0.25, -0.2) is 0 Å². The zero-order chi connectivity index (χ0) is 13.8. The van der Waals surface area contributed by atoms with Crippen molar-refractivity contribution in [2.24, 2.45) is 0 Å². The van der Waals surface area contributed by atoms with E-state index in [-0.39, 0.29) is 6.61 Å². The summed E-state index contributed by atoms with van der Waals surface area (Å²) < 4.78 is 7.84. The van der Waals surface area contributed by atoms with E-state index in [1.54, 1.807) is 0 Å². The molecule has 0 saturated heterocycles. The molecule has 2 aromatic rings. The van der Waals surface area contributed by atoms with E-state index in [4.69, 9.17) is 4.74 Å². The molecule has 0 fully saturated rings.